The number of carbonyl (C=O) groups excluding carboxylic acids is 1. The number of benzene rings is 2. The van der Waals surface area contributed by atoms with E-state index in [-0.39, 0.29) is 48.9 Å². The molecule has 4 rings (SSSR count). The third kappa shape index (κ3) is 9.63. The SMILES string of the molecule is COc1ccc(S(=O)(=O)N(CC(C)C)C[C@@H](O)[C@H](Cc2ccccc2)NC(=O)O[C@H]2CO[C@H]3OC[C@H](NCCC(C)C)[C@H]32)cc1. The Morgan fingerprint density at radius 2 is 1.69 bits per heavy atom. The molecule has 0 unspecified atom stereocenters. The Morgan fingerprint density at radius 3 is 2.33 bits per heavy atom. The van der Waals surface area contributed by atoms with Gasteiger partial charge in [0.1, 0.15) is 11.9 Å². The highest BCUT2D eigenvalue weighted by molar-refractivity contribution is 7.89. The number of hydrogen-bond acceptors (Lipinski definition) is 9. The zero-order valence-electron chi connectivity index (χ0n) is 26.9. The van der Waals surface area contributed by atoms with Gasteiger partial charge in [-0.1, -0.05) is 58.0 Å². The molecule has 250 valence electrons. The third-order valence-corrected chi connectivity index (χ3v) is 10.0. The molecule has 0 spiro atoms. The van der Waals surface area contributed by atoms with Crippen LogP contribution in [0, 0.1) is 17.8 Å². The molecular weight excluding hydrogens is 598 g/mol. The number of carbonyl (C=O) groups is 1. The number of rotatable bonds is 16. The summed E-state index contributed by atoms with van der Waals surface area (Å²) in [5.41, 5.74) is 0.873. The Hall–Kier alpha value is -2.74. The molecule has 0 saturated carbocycles. The molecule has 0 aromatic heterocycles. The summed E-state index contributed by atoms with van der Waals surface area (Å²) >= 11 is 0. The number of hydrogen-bond donors (Lipinski definition) is 3. The van der Waals surface area contributed by atoms with Crippen LogP contribution >= 0.6 is 0 Å². The highest BCUT2D eigenvalue weighted by Gasteiger charge is 2.50. The fourth-order valence-corrected chi connectivity index (χ4v) is 7.38. The zero-order chi connectivity index (χ0) is 32.6. The summed E-state index contributed by atoms with van der Waals surface area (Å²) in [6.07, 6.45) is -1.63. The van der Waals surface area contributed by atoms with Crippen molar-refractivity contribution in [3.8, 4) is 5.75 Å². The van der Waals surface area contributed by atoms with Gasteiger partial charge in [0.15, 0.2) is 6.29 Å². The number of aliphatic hydroxyl groups excluding tert-OH is 1. The summed E-state index contributed by atoms with van der Waals surface area (Å²) in [7, 11) is -2.45. The molecule has 2 aromatic carbocycles. The van der Waals surface area contributed by atoms with E-state index in [0.717, 1.165) is 18.5 Å². The van der Waals surface area contributed by atoms with Crippen LogP contribution in [0.5, 0.6) is 5.75 Å². The van der Waals surface area contributed by atoms with Gasteiger partial charge < -0.3 is 34.7 Å². The van der Waals surface area contributed by atoms with Crippen LogP contribution < -0.4 is 15.4 Å². The van der Waals surface area contributed by atoms with Crippen LogP contribution in [0.2, 0.25) is 0 Å². The van der Waals surface area contributed by atoms with Crippen LogP contribution in [-0.4, -0.2) is 94.5 Å². The van der Waals surface area contributed by atoms with Crippen LogP contribution in [0.1, 0.15) is 39.7 Å². The van der Waals surface area contributed by atoms with Crippen molar-refractivity contribution in [1.82, 2.24) is 14.9 Å². The predicted octanol–water partition coefficient (Wildman–Crippen LogP) is 3.42. The molecule has 3 N–H and O–H groups in total. The van der Waals surface area contributed by atoms with Crippen molar-refractivity contribution in [2.45, 2.75) is 76.0 Å². The Morgan fingerprint density at radius 1 is 1.00 bits per heavy atom. The normalized spacial score (nSPS) is 22.9. The van der Waals surface area contributed by atoms with E-state index in [0.29, 0.717) is 18.3 Å². The molecule has 2 saturated heterocycles. The van der Waals surface area contributed by atoms with Gasteiger partial charge in [-0.05, 0) is 61.1 Å². The minimum Gasteiger partial charge on any atom is -0.497 e. The van der Waals surface area contributed by atoms with Crippen molar-refractivity contribution in [3.63, 3.8) is 0 Å². The lowest BCUT2D eigenvalue weighted by atomic mass is 9.97. The lowest BCUT2D eigenvalue weighted by Crippen LogP contribution is -2.52. The first kappa shape index (κ1) is 35.1. The molecule has 45 heavy (non-hydrogen) atoms. The largest absolute Gasteiger partial charge is 0.497 e. The van der Waals surface area contributed by atoms with Gasteiger partial charge >= 0.3 is 6.09 Å². The number of ether oxygens (including phenoxy) is 4. The molecule has 2 fully saturated rings. The Labute approximate surface area is 267 Å². The highest BCUT2D eigenvalue weighted by Crippen LogP contribution is 2.33. The maximum Gasteiger partial charge on any atom is 0.407 e. The number of aliphatic hydroxyl groups is 1. The summed E-state index contributed by atoms with van der Waals surface area (Å²) in [6, 6.07) is 14.7. The van der Waals surface area contributed by atoms with E-state index in [1.54, 1.807) is 12.1 Å². The Bertz CT molecular complexity index is 1310. The standard InChI is InChI=1S/C33H49N3O8S/c1-22(2)15-16-34-28-20-42-32-31(28)30(21-43-32)44-33(38)35-27(17-24-9-7-6-8-10-24)29(37)19-36(18-23(3)4)45(39,40)26-13-11-25(41-5)12-14-26/h6-14,22-23,27-32,34,37H,15-21H2,1-5H3,(H,35,38)/t27-,28-,29+,30-,31-,32+/m0/s1. The molecule has 2 aliphatic rings. The first-order valence-corrected chi connectivity index (χ1v) is 17.2. The molecule has 2 aromatic rings. The van der Waals surface area contributed by atoms with Crippen molar-refractivity contribution >= 4 is 16.1 Å². The molecule has 11 nitrogen and oxygen atoms in total. The molecule has 0 bridgehead atoms. The summed E-state index contributed by atoms with van der Waals surface area (Å²) < 4.78 is 51.4. The van der Waals surface area contributed by atoms with Crippen LogP contribution in [0.15, 0.2) is 59.5 Å². The summed E-state index contributed by atoms with van der Waals surface area (Å²) in [6.45, 7) is 9.62. The van der Waals surface area contributed by atoms with Crippen LogP contribution in [0.3, 0.4) is 0 Å². The quantitative estimate of drug-likeness (QED) is 0.251. The van der Waals surface area contributed by atoms with Gasteiger partial charge in [0, 0.05) is 19.1 Å². The Balaban J connectivity index is 1.48. The van der Waals surface area contributed by atoms with E-state index in [1.165, 1.54) is 23.5 Å². The number of nitrogens with zero attached hydrogens (tertiary/aromatic N) is 1. The van der Waals surface area contributed by atoms with E-state index in [9.17, 15) is 18.3 Å². The second-order valence-electron chi connectivity index (χ2n) is 12.7. The number of amides is 1. The second kappa shape index (κ2) is 16.2. The maximum absolute atomic E-state index is 13.7. The van der Waals surface area contributed by atoms with E-state index >= 15 is 0 Å². The monoisotopic (exact) mass is 647 g/mol. The van der Waals surface area contributed by atoms with Crippen molar-refractivity contribution in [2.24, 2.45) is 17.8 Å². The van der Waals surface area contributed by atoms with Gasteiger partial charge in [-0.2, -0.15) is 4.31 Å². The second-order valence-corrected chi connectivity index (χ2v) is 14.6. The fourth-order valence-electron chi connectivity index (χ4n) is 5.75. The third-order valence-electron chi connectivity index (χ3n) is 8.18. The van der Waals surface area contributed by atoms with Crippen LogP contribution in [0.25, 0.3) is 0 Å². The molecule has 12 heteroatoms. The average molecular weight is 648 g/mol. The minimum atomic E-state index is -3.96. The van der Waals surface area contributed by atoms with Crippen molar-refractivity contribution in [3.05, 3.63) is 60.2 Å². The van der Waals surface area contributed by atoms with Gasteiger partial charge in [-0.15, -0.1) is 0 Å². The molecule has 0 aliphatic carbocycles. The molecule has 6 atom stereocenters. The highest BCUT2D eigenvalue weighted by atomic mass is 32.2. The minimum absolute atomic E-state index is 0.00694. The van der Waals surface area contributed by atoms with Crippen molar-refractivity contribution < 1.29 is 37.3 Å². The van der Waals surface area contributed by atoms with E-state index in [2.05, 4.69) is 24.5 Å². The molecule has 0 radical (unpaired) electrons. The molecular formula is C33H49N3O8S. The zero-order valence-corrected chi connectivity index (χ0v) is 27.7. The van der Waals surface area contributed by atoms with Gasteiger partial charge in [0.25, 0.3) is 0 Å². The lowest BCUT2D eigenvalue weighted by Gasteiger charge is -2.31. The van der Waals surface area contributed by atoms with Crippen molar-refractivity contribution in [2.75, 3.05) is 40.0 Å². The first-order chi connectivity index (χ1) is 21.5. The average Bonchev–Trinajstić information content (AvgIpc) is 3.59. The van der Waals surface area contributed by atoms with Crippen molar-refractivity contribution in [1.29, 1.82) is 0 Å². The van der Waals surface area contributed by atoms with Gasteiger partial charge in [-0.3, -0.25) is 0 Å². The number of methoxy groups -OCH3 is 1. The predicted molar refractivity (Wildman–Crippen MR) is 170 cm³/mol. The Kier molecular flexibility index (Phi) is 12.6. The number of sulfonamides is 1. The van der Waals surface area contributed by atoms with E-state index < -0.39 is 40.7 Å². The molecule has 2 heterocycles. The smallest absolute Gasteiger partial charge is 0.407 e. The number of alkyl carbamates (subject to hydrolysis) is 1. The number of fused-ring (bicyclic) bond motifs is 1. The summed E-state index contributed by atoms with van der Waals surface area (Å²) in [5, 5.41) is 17.9. The van der Waals surface area contributed by atoms with E-state index in [4.69, 9.17) is 18.9 Å². The number of nitrogens with one attached hydrogen (secondary N) is 2. The van der Waals surface area contributed by atoms with Gasteiger partial charge in [-0.25, -0.2) is 13.2 Å². The van der Waals surface area contributed by atoms with E-state index in [1.807, 2.05) is 44.2 Å². The maximum atomic E-state index is 13.7. The first-order valence-electron chi connectivity index (χ1n) is 15.8. The van der Waals surface area contributed by atoms with Gasteiger partial charge in [0.2, 0.25) is 10.0 Å². The summed E-state index contributed by atoms with van der Waals surface area (Å²) in [4.78, 5) is 13.4. The lowest BCUT2D eigenvalue weighted by molar-refractivity contribution is -0.0908. The fraction of sp³-hybridized carbons (Fsp3) is 0.606. The summed E-state index contributed by atoms with van der Waals surface area (Å²) in [5.74, 6) is 0.929. The van der Waals surface area contributed by atoms with Gasteiger partial charge in [0.05, 0.1) is 43.3 Å². The topological polar surface area (TPSA) is 136 Å². The van der Waals surface area contributed by atoms with Crippen LogP contribution in [0.4, 0.5) is 4.79 Å². The van der Waals surface area contributed by atoms with Crippen LogP contribution in [-0.2, 0) is 30.7 Å². The molecule has 2 aliphatic heterocycles. The molecule has 1 amide bonds.